The van der Waals surface area contributed by atoms with Gasteiger partial charge in [-0.05, 0) is 30.5 Å². The first-order valence-electron chi connectivity index (χ1n) is 5.84. The molecular weight excluding hydrogens is 301 g/mol. The van der Waals surface area contributed by atoms with E-state index in [1.807, 2.05) is 0 Å². The molecule has 2 rings (SSSR count). The van der Waals surface area contributed by atoms with E-state index in [0.29, 0.717) is 11.5 Å². The topological polar surface area (TPSA) is 29.5 Å². The van der Waals surface area contributed by atoms with Crippen LogP contribution in [-0.2, 0) is 0 Å². The highest BCUT2D eigenvalue weighted by molar-refractivity contribution is 9.09. The molecule has 18 heavy (non-hydrogen) atoms. The molecule has 0 radical (unpaired) electrons. The molecule has 0 saturated carbocycles. The van der Waals surface area contributed by atoms with Gasteiger partial charge in [-0.15, -0.1) is 0 Å². The normalized spacial score (nSPS) is 19.1. The fourth-order valence-electron chi connectivity index (χ4n) is 2.12. The number of alkyl halides is 1. The van der Waals surface area contributed by atoms with Crippen LogP contribution in [0.2, 0.25) is 0 Å². The Morgan fingerprint density at radius 3 is 3.00 bits per heavy atom. The summed E-state index contributed by atoms with van der Waals surface area (Å²) < 4.78 is 18.2. The molecule has 3 nitrogen and oxygen atoms in total. The minimum Gasteiger partial charge on any atom is -0.494 e. The summed E-state index contributed by atoms with van der Waals surface area (Å²) >= 11 is 3.43. The number of methoxy groups -OCH3 is 1. The van der Waals surface area contributed by atoms with Gasteiger partial charge in [0.2, 0.25) is 0 Å². The third-order valence-corrected chi connectivity index (χ3v) is 4.11. The van der Waals surface area contributed by atoms with E-state index in [-0.39, 0.29) is 11.7 Å². The van der Waals surface area contributed by atoms with Crippen LogP contribution in [0.15, 0.2) is 18.2 Å². The summed E-state index contributed by atoms with van der Waals surface area (Å²) in [4.78, 5) is 14.0. The Balaban J connectivity index is 2.14. The lowest BCUT2D eigenvalue weighted by Gasteiger charge is -2.16. The molecule has 1 saturated heterocycles. The SMILES string of the molecule is COc1cc(C(=O)N2CCC(CBr)C2)ccc1F. The summed E-state index contributed by atoms with van der Waals surface area (Å²) in [5.41, 5.74) is 0.475. The number of rotatable bonds is 3. The third kappa shape index (κ3) is 2.66. The van der Waals surface area contributed by atoms with Crippen molar-refractivity contribution in [3.8, 4) is 5.75 Å². The fraction of sp³-hybridized carbons (Fsp3) is 0.462. The Morgan fingerprint density at radius 2 is 2.39 bits per heavy atom. The number of nitrogens with zero attached hydrogens (tertiary/aromatic N) is 1. The van der Waals surface area contributed by atoms with Crippen LogP contribution in [-0.4, -0.2) is 36.3 Å². The van der Waals surface area contributed by atoms with Gasteiger partial charge in [-0.25, -0.2) is 4.39 Å². The molecule has 1 fully saturated rings. The molecule has 1 aliphatic heterocycles. The summed E-state index contributed by atoms with van der Waals surface area (Å²) in [5, 5.41) is 0.906. The smallest absolute Gasteiger partial charge is 0.254 e. The minimum atomic E-state index is -0.450. The van der Waals surface area contributed by atoms with Crippen LogP contribution in [0, 0.1) is 11.7 Å². The number of amides is 1. The molecule has 0 spiro atoms. The first-order valence-corrected chi connectivity index (χ1v) is 6.96. The maximum absolute atomic E-state index is 13.3. The number of hydrogen-bond acceptors (Lipinski definition) is 2. The van der Waals surface area contributed by atoms with Crippen molar-refractivity contribution in [1.29, 1.82) is 0 Å². The largest absolute Gasteiger partial charge is 0.494 e. The van der Waals surface area contributed by atoms with Gasteiger partial charge in [0, 0.05) is 24.0 Å². The lowest BCUT2D eigenvalue weighted by molar-refractivity contribution is 0.0788. The first kappa shape index (κ1) is 13.3. The Labute approximate surface area is 114 Å². The van der Waals surface area contributed by atoms with Crippen molar-refractivity contribution in [2.45, 2.75) is 6.42 Å². The molecule has 1 atom stereocenters. The van der Waals surface area contributed by atoms with Crippen molar-refractivity contribution >= 4 is 21.8 Å². The van der Waals surface area contributed by atoms with Crippen LogP contribution in [0.4, 0.5) is 4.39 Å². The van der Waals surface area contributed by atoms with Gasteiger partial charge in [0.1, 0.15) is 0 Å². The Bertz CT molecular complexity index is 453. The maximum atomic E-state index is 13.3. The van der Waals surface area contributed by atoms with Crippen LogP contribution in [0.3, 0.4) is 0 Å². The summed E-state index contributed by atoms with van der Waals surface area (Å²) in [7, 11) is 1.39. The second-order valence-corrected chi connectivity index (χ2v) is 5.06. The van der Waals surface area contributed by atoms with Crippen LogP contribution in [0.5, 0.6) is 5.75 Å². The van der Waals surface area contributed by atoms with Crippen LogP contribution < -0.4 is 4.74 Å². The number of ether oxygens (including phenoxy) is 1. The molecule has 0 N–H and O–H groups in total. The standard InChI is InChI=1S/C13H15BrFNO2/c1-18-12-6-10(2-3-11(12)15)13(17)16-5-4-9(7-14)8-16/h2-3,6,9H,4-5,7-8H2,1H3. The van der Waals surface area contributed by atoms with Crippen molar-refractivity contribution in [1.82, 2.24) is 4.90 Å². The number of carbonyl (C=O) groups is 1. The van der Waals surface area contributed by atoms with Crippen molar-refractivity contribution < 1.29 is 13.9 Å². The zero-order chi connectivity index (χ0) is 13.1. The van der Waals surface area contributed by atoms with Crippen molar-refractivity contribution in [2.24, 2.45) is 5.92 Å². The summed E-state index contributed by atoms with van der Waals surface area (Å²) in [6, 6.07) is 4.23. The monoisotopic (exact) mass is 315 g/mol. The van der Waals surface area contributed by atoms with Gasteiger partial charge in [-0.3, -0.25) is 4.79 Å². The Morgan fingerprint density at radius 1 is 1.61 bits per heavy atom. The molecule has 1 aromatic rings. The lowest BCUT2D eigenvalue weighted by Crippen LogP contribution is -2.28. The number of carbonyl (C=O) groups excluding carboxylic acids is 1. The van der Waals surface area contributed by atoms with E-state index in [0.717, 1.165) is 24.8 Å². The molecule has 5 heteroatoms. The predicted octanol–water partition coefficient (Wildman–Crippen LogP) is 2.69. The van der Waals surface area contributed by atoms with Gasteiger partial charge in [-0.1, -0.05) is 15.9 Å². The second-order valence-electron chi connectivity index (χ2n) is 4.41. The summed E-state index contributed by atoms with van der Waals surface area (Å²) in [6.45, 7) is 1.51. The van der Waals surface area contributed by atoms with Gasteiger partial charge < -0.3 is 9.64 Å². The number of likely N-dealkylation sites (tertiary alicyclic amines) is 1. The molecule has 0 aliphatic carbocycles. The number of benzene rings is 1. The molecule has 98 valence electrons. The van der Waals surface area contributed by atoms with Gasteiger partial charge in [-0.2, -0.15) is 0 Å². The molecule has 0 aromatic heterocycles. The average Bonchev–Trinajstić information content (AvgIpc) is 2.87. The minimum absolute atomic E-state index is 0.0586. The van der Waals surface area contributed by atoms with Crippen molar-refractivity contribution in [3.05, 3.63) is 29.6 Å². The Kier molecular flexibility index (Phi) is 4.22. The molecule has 1 aromatic carbocycles. The lowest BCUT2D eigenvalue weighted by atomic mass is 10.1. The van der Waals surface area contributed by atoms with E-state index >= 15 is 0 Å². The highest BCUT2D eigenvalue weighted by Gasteiger charge is 2.26. The summed E-state index contributed by atoms with van der Waals surface area (Å²) in [5.74, 6) is 0.110. The van der Waals surface area contributed by atoms with E-state index < -0.39 is 5.82 Å². The average molecular weight is 316 g/mol. The zero-order valence-electron chi connectivity index (χ0n) is 10.2. The molecule has 1 aliphatic rings. The van der Waals surface area contributed by atoms with Gasteiger partial charge >= 0.3 is 0 Å². The van der Waals surface area contributed by atoms with Gasteiger partial charge in [0.15, 0.2) is 11.6 Å². The fourth-order valence-corrected chi connectivity index (χ4v) is 2.65. The van der Waals surface area contributed by atoms with E-state index in [9.17, 15) is 9.18 Å². The van der Waals surface area contributed by atoms with E-state index in [2.05, 4.69) is 15.9 Å². The van der Waals surface area contributed by atoms with Crippen LogP contribution in [0.25, 0.3) is 0 Å². The Hall–Kier alpha value is -1.10. The number of hydrogen-bond donors (Lipinski definition) is 0. The molecule has 1 unspecified atom stereocenters. The first-order chi connectivity index (χ1) is 8.65. The van der Waals surface area contributed by atoms with E-state index in [1.54, 1.807) is 4.90 Å². The number of halogens is 2. The van der Waals surface area contributed by atoms with E-state index in [1.165, 1.54) is 25.3 Å². The van der Waals surface area contributed by atoms with Crippen LogP contribution >= 0.6 is 15.9 Å². The van der Waals surface area contributed by atoms with Gasteiger partial charge in [0.25, 0.3) is 5.91 Å². The maximum Gasteiger partial charge on any atom is 0.254 e. The quantitative estimate of drug-likeness (QED) is 0.803. The highest BCUT2D eigenvalue weighted by Crippen LogP contribution is 2.23. The second kappa shape index (κ2) is 5.69. The molecule has 0 bridgehead atoms. The molecule has 1 heterocycles. The van der Waals surface area contributed by atoms with Crippen molar-refractivity contribution in [3.63, 3.8) is 0 Å². The van der Waals surface area contributed by atoms with Gasteiger partial charge in [0.05, 0.1) is 7.11 Å². The highest BCUT2D eigenvalue weighted by atomic mass is 79.9. The third-order valence-electron chi connectivity index (χ3n) is 3.19. The summed E-state index contributed by atoms with van der Waals surface area (Å²) in [6.07, 6.45) is 1.01. The molecule has 1 amide bonds. The van der Waals surface area contributed by atoms with Crippen molar-refractivity contribution in [2.75, 3.05) is 25.5 Å². The molecular formula is C13H15BrFNO2. The van der Waals surface area contributed by atoms with Crippen LogP contribution in [0.1, 0.15) is 16.8 Å². The predicted molar refractivity (Wildman–Crippen MR) is 70.8 cm³/mol. The zero-order valence-corrected chi connectivity index (χ0v) is 11.7. The van der Waals surface area contributed by atoms with E-state index in [4.69, 9.17) is 4.74 Å².